The third kappa shape index (κ3) is 4.72. The number of methoxy groups -OCH3 is 1. The number of hydrogen-bond acceptors (Lipinski definition) is 6. The van der Waals surface area contributed by atoms with Gasteiger partial charge in [0.05, 0.1) is 17.7 Å². The molecule has 1 unspecified atom stereocenters. The molecule has 1 saturated carbocycles. The minimum atomic E-state index is -0.864. The van der Waals surface area contributed by atoms with Gasteiger partial charge >= 0.3 is 6.01 Å². The fourth-order valence-corrected chi connectivity index (χ4v) is 3.63. The van der Waals surface area contributed by atoms with Crippen molar-refractivity contribution in [3.63, 3.8) is 0 Å². The number of hydrogen-bond donors (Lipinski definition) is 2. The van der Waals surface area contributed by atoms with Crippen molar-refractivity contribution >= 4 is 29.0 Å². The molecule has 2 N–H and O–H groups in total. The highest BCUT2D eigenvalue weighted by Gasteiger charge is 2.24. The highest BCUT2D eigenvalue weighted by molar-refractivity contribution is 6.34. The third-order valence-electron chi connectivity index (χ3n) is 5.10. The van der Waals surface area contributed by atoms with Crippen molar-refractivity contribution in [1.82, 2.24) is 15.3 Å². The van der Waals surface area contributed by atoms with E-state index in [1.807, 2.05) is 7.05 Å². The van der Waals surface area contributed by atoms with Crippen molar-refractivity contribution in [3.8, 4) is 6.01 Å². The summed E-state index contributed by atoms with van der Waals surface area (Å²) in [6.07, 6.45) is 5.94. The molecule has 2 aromatic rings. The second-order valence-electron chi connectivity index (χ2n) is 6.94. The molecule has 150 valence electrons. The molecule has 1 fully saturated rings. The Bertz CT molecular complexity index is 827. The summed E-state index contributed by atoms with van der Waals surface area (Å²) in [5, 5.41) is 13.4. The van der Waals surface area contributed by atoms with Crippen LogP contribution in [-0.2, 0) is 0 Å². The fourth-order valence-electron chi connectivity index (χ4n) is 3.42. The second kappa shape index (κ2) is 9.21. The standard InChI is InChI=1S/C20H25ClN4O3/c1-25(17-10-11-22-20(23-17)28-2)14-8-9-16(21)15(12-14)19(27)24-18(26)13-6-4-3-5-7-13/h8-13,18,26H,3-7H2,1-2H3,(H,24,27). The Kier molecular flexibility index (Phi) is 6.70. The molecule has 0 aliphatic heterocycles. The Balaban J connectivity index is 1.77. The lowest BCUT2D eigenvalue weighted by molar-refractivity contribution is 0.0463. The normalized spacial score (nSPS) is 15.7. The predicted octanol–water partition coefficient (Wildman–Crippen LogP) is 3.54. The number of carbonyl (C=O) groups excluding carboxylic acids is 1. The van der Waals surface area contributed by atoms with E-state index in [-0.39, 0.29) is 11.9 Å². The van der Waals surface area contributed by atoms with E-state index in [0.717, 1.165) is 31.4 Å². The minimum Gasteiger partial charge on any atom is -0.467 e. The number of halogens is 1. The molecule has 0 bridgehead atoms. The van der Waals surface area contributed by atoms with Gasteiger partial charge in [-0.05, 0) is 37.1 Å². The SMILES string of the molecule is COc1nccc(N(C)c2ccc(Cl)c(C(=O)NC(O)C3CCCCC3)c2)n1. The summed E-state index contributed by atoms with van der Waals surface area (Å²) in [5.41, 5.74) is 1.03. The van der Waals surface area contributed by atoms with E-state index >= 15 is 0 Å². The summed E-state index contributed by atoms with van der Waals surface area (Å²) in [6.45, 7) is 0. The van der Waals surface area contributed by atoms with E-state index in [2.05, 4.69) is 15.3 Å². The Morgan fingerprint density at radius 3 is 2.79 bits per heavy atom. The quantitative estimate of drug-likeness (QED) is 0.716. The molecular formula is C20H25ClN4O3. The molecule has 3 rings (SSSR count). The first-order chi connectivity index (χ1) is 13.5. The zero-order valence-electron chi connectivity index (χ0n) is 16.1. The first-order valence-electron chi connectivity index (χ1n) is 9.39. The summed E-state index contributed by atoms with van der Waals surface area (Å²) in [7, 11) is 3.32. The lowest BCUT2D eigenvalue weighted by atomic mass is 9.88. The van der Waals surface area contributed by atoms with E-state index in [1.165, 1.54) is 13.5 Å². The molecule has 1 aliphatic rings. The zero-order chi connectivity index (χ0) is 20.1. The molecular weight excluding hydrogens is 380 g/mol. The number of aromatic nitrogens is 2. The van der Waals surface area contributed by atoms with E-state index < -0.39 is 12.1 Å². The van der Waals surface area contributed by atoms with Crippen LogP contribution in [0.25, 0.3) is 0 Å². The Labute approximate surface area is 169 Å². The number of aliphatic hydroxyl groups excluding tert-OH is 1. The number of nitrogens with zero attached hydrogens (tertiary/aromatic N) is 3. The van der Waals surface area contributed by atoms with Crippen molar-refractivity contribution in [2.45, 2.75) is 38.3 Å². The third-order valence-corrected chi connectivity index (χ3v) is 5.43. The van der Waals surface area contributed by atoms with Gasteiger partial charge in [0.1, 0.15) is 12.0 Å². The van der Waals surface area contributed by atoms with Gasteiger partial charge in [-0.2, -0.15) is 4.98 Å². The van der Waals surface area contributed by atoms with Gasteiger partial charge in [0.25, 0.3) is 5.91 Å². The molecule has 8 heteroatoms. The number of aliphatic hydroxyl groups is 1. The number of carbonyl (C=O) groups is 1. The van der Waals surface area contributed by atoms with Crippen molar-refractivity contribution in [3.05, 3.63) is 41.0 Å². The van der Waals surface area contributed by atoms with Gasteiger partial charge in [-0.3, -0.25) is 4.79 Å². The van der Waals surface area contributed by atoms with Gasteiger partial charge < -0.3 is 20.1 Å². The monoisotopic (exact) mass is 404 g/mol. The molecule has 28 heavy (non-hydrogen) atoms. The largest absolute Gasteiger partial charge is 0.467 e. The van der Waals surface area contributed by atoms with Crippen LogP contribution in [0.15, 0.2) is 30.5 Å². The smallest absolute Gasteiger partial charge is 0.318 e. The summed E-state index contributed by atoms with van der Waals surface area (Å²) in [5.74, 6) is 0.317. The van der Waals surface area contributed by atoms with Crippen molar-refractivity contribution in [2.75, 3.05) is 19.1 Å². The first-order valence-corrected chi connectivity index (χ1v) is 9.76. The molecule has 1 atom stereocenters. The Hall–Kier alpha value is -2.38. The van der Waals surface area contributed by atoms with Crippen LogP contribution in [0, 0.1) is 5.92 Å². The van der Waals surface area contributed by atoms with Gasteiger partial charge in [0.15, 0.2) is 0 Å². The number of anilines is 2. The van der Waals surface area contributed by atoms with Crippen LogP contribution < -0.4 is 15.0 Å². The van der Waals surface area contributed by atoms with E-state index in [1.54, 1.807) is 35.4 Å². The van der Waals surface area contributed by atoms with Crippen LogP contribution in [0.2, 0.25) is 5.02 Å². The van der Waals surface area contributed by atoms with Crippen LogP contribution in [-0.4, -0.2) is 41.4 Å². The highest BCUT2D eigenvalue weighted by atomic mass is 35.5. The average molecular weight is 405 g/mol. The van der Waals surface area contributed by atoms with Gasteiger partial charge in [0.2, 0.25) is 0 Å². The topological polar surface area (TPSA) is 87.6 Å². The van der Waals surface area contributed by atoms with Gasteiger partial charge in [-0.15, -0.1) is 0 Å². The van der Waals surface area contributed by atoms with Crippen LogP contribution in [0.4, 0.5) is 11.5 Å². The van der Waals surface area contributed by atoms with E-state index in [4.69, 9.17) is 16.3 Å². The summed E-state index contributed by atoms with van der Waals surface area (Å²) >= 11 is 6.25. The first kappa shape index (κ1) is 20.4. The molecule has 1 aromatic heterocycles. The van der Waals surface area contributed by atoms with Crippen molar-refractivity contribution in [1.29, 1.82) is 0 Å². The maximum absolute atomic E-state index is 12.7. The minimum absolute atomic E-state index is 0.0933. The molecule has 1 aliphatic carbocycles. The Morgan fingerprint density at radius 2 is 2.07 bits per heavy atom. The number of amides is 1. The summed E-state index contributed by atoms with van der Waals surface area (Å²) in [4.78, 5) is 22.8. The maximum Gasteiger partial charge on any atom is 0.318 e. The lowest BCUT2D eigenvalue weighted by Crippen LogP contribution is -2.41. The fraction of sp³-hybridized carbons (Fsp3) is 0.450. The van der Waals surface area contributed by atoms with Crippen LogP contribution in [0.3, 0.4) is 0 Å². The van der Waals surface area contributed by atoms with Gasteiger partial charge in [0, 0.05) is 24.8 Å². The molecule has 0 spiro atoms. The zero-order valence-corrected chi connectivity index (χ0v) is 16.8. The van der Waals surface area contributed by atoms with Crippen LogP contribution >= 0.6 is 11.6 Å². The van der Waals surface area contributed by atoms with Crippen LogP contribution in [0.1, 0.15) is 42.5 Å². The second-order valence-corrected chi connectivity index (χ2v) is 7.35. The predicted molar refractivity (Wildman–Crippen MR) is 108 cm³/mol. The number of benzene rings is 1. The number of nitrogens with one attached hydrogen (secondary N) is 1. The molecule has 0 radical (unpaired) electrons. The van der Waals surface area contributed by atoms with Crippen LogP contribution in [0.5, 0.6) is 6.01 Å². The number of ether oxygens (including phenoxy) is 1. The number of rotatable bonds is 6. The molecule has 1 heterocycles. The van der Waals surface area contributed by atoms with E-state index in [9.17, 15) is 9.90 Å². The average Bonchev–Trinajstić information content (AvgIpc) is 2.74. The van der Waals surface area contributed by atoms with Crippen molar-refractivity contribution in [2.24, 2.45) is 5.92 Å². The summed E-state index contributed by atoms with van der Waals surface area (Å²) in [6, 6.07) is 7.13. The Morgan fingerprint density at radius 1 is 1.32 bits per heavy atom. The van der Waals surface area contributed by atoms with Gasteiger partial charge in [-0.25, -0.2) is 4.98 Å². The molecule has 1 amide bonds. The molecule has 0 saturated heterocycles. The van der Waals surface area contributed by atoms with E-state index in [0.29, 0.717) is 16.4 Å². The van der Waals surface area contributed by atoms with Crippen molar-refractivity contribution < 1.29 is 14.6 Å². The molecule has 7 nitrogen and oxygen atoms in total. The molecule has 1 aromatic carbocycles. The maximum atomic E-state index is 12.7. The lowest BCUT2D eigenvalue weighted by Gasteiger charge is -2.27. The van der Waals surface area contributed by atoms with Gasteiger partial charge in [-0.1, -0.05) is 30.9 Å². The summed E-state index contributed by atoms with van der Waals surface area (Å²) < 4.78 is 5.06. The highest BCUT2D eigenvalue weighted by Crippen LogP contribution is 2.29.